The third-order valence-electron chi connectivity index (χ3n) is 3.71. The van der Waals surface area contributed by atoms with Gasteiger partial charge in [0.15, 0.2) is 0 Å². The second kappa shape index (κ2) is 8.56. The molecule has 1 aromatic carbocycles. The molecule has 1 aliphatic heterocycles. The van der Waals surface area contributed by atoms with Crippen LogP contribution in [0.3, 0.4) is 0 Å². The van der Waals surface area contributed by atoms with E-state index in [4.69, 9.17) is 16.3 Å². The lowest BCUT2D eigenvalue weighted by molar-refractivity contribution is 0.396. The Bertz CT molecular complexity index is 458. The van der Waals surface area contributed by atoms with Crippen LogP contribution in [0.25, 0.3) is 0 Å². The van der Waals surface area contributed by atoms with Gasteiger partial charge in [-0.25, -0.2) is 0 Å². The highest BCUT2D eigenvalue weighted by Crippen LogP contribution is 2.41. The minimum atomic E-state index is 0.284. The van der Waals surface area contributed by atoms with E-state index in [1.165, 1.54) is 17.1 Å². The van der Waals surface area contributed by atoms with Gasteiger partial charge in [-0.1, -0.05) is 25.4 Å². The molecular weight excluding hydrogens is 322 g/mol. The lowest BCUT2D eigenvalue weighted by atomic mass is 10.00. The number of rotatable bonds is 6. The Hall–Kier alpha value is -0.0300. The molecule has 3 atom stereocenters. The average molecular weight is 346 g/mol. The minimum absolute atomic E-state index is 0.284. The molecule has 0 aliphatic carbocycles. The fraction of sp³-hybridized carbons (Fsp3) is 0.625. The molecule has 1 N–H and O–H groups in total. The molecule has 2 rings (SSSR count). The summed E-state index contributed by atoms with van der Waals surface area (Å²) in [6.45, 7) is 5.54. The molecule has 21 heavy (non-hydrogen) atoms. The molecule has 0 spiro atoms. The Morgan fingerprint density at radius 3 is 2.81 bits per heavy atom. The number of benzene rings is 1. The van der Waals surface area contributed by atoms with Gasteiger partial charge in [-0.05, 0) is 31.2 Å². The summed E-state index contributed by atoms with van der Waals surface area (Å²) in [5.74, 6) is 3.39. The van der Waals surface area contributed by atoms with Crippen LogP contribution in [0.2, 0.25) is 5.02 Å². The molecule has 118 valence electrons. The number of hydrogen-bond donors (Lipinski definition) is 1. The van der Waals surface area contributed by atoms with Gasteiger partial charge in [0, 0.05) is 38.6 Å². The van der Waals surface area contributed by atoms with Gasteiger partial charge >= 0.3 is 0 Å². The number of ether oxygens (including phenoxy) is 1. The van der Waals surface area contributed by atoms with Gasteiger partial charge < -0.3 is 10.1 Å². The van der Waals surface area contributed by atoms with Crippen LogP contribution in [0.4, 0.5) is 0 Å². The molecule has 0 radical (unpaired) electrons. The van der Waals surface area contributed by atoms with E-state index in [-0.39, 0.29) is 6.04 Å². The van der Waals surface area contributed by atoms with Gasteiger partial charge in [-0.3, -0.25) is 0 Å². The summed E-state index contributed by atoms with van der Waals surface area (Å²) >= 11 is 10.4. The second-order valence-electron chi connectivity index (χ2n) is 5.23. The van der Waals surface area contributed by atoms with Gasteiger partial charge in [0.1, 0.15) is 5.75 Å². The summed E-state index contributed by atoms with van der Waals surface area (Å²) in [6.07, 6.45) is 1.12. The van der Waals surface area contributed by atoms with Crippen molar-refractivity contribution in [3.63, 3.8) is 0 Å². The fourth-order valence-corrected chi connectivity index (χ4v) is 5.79. The van der Waals surface area contributed by atoms with Crippen LogP contribution in [-0.2, 0) is 0 Å². The maximum Gasteiger partial charge on any atom is 0.123 e. The highest BCUT2D eigenvalue weighted by atomic mass is 35.5. The summed E-state index contributed by atoms with van der Waals surface area (Å²) in [6, 6.07) is 6.21. The molecule has 3 unspecified atom stereocenters. The monoisotopic (exact) mass is 345 g/mol. The number of nitrogens with one attached hydrogen (secondary N) is 1. The number of thioether (sulfide) groups is 2. The van der Waals surface area contributed by atoms with E-state index in [1.807, 2.05) is 12.1 Å². The highest BCUT2D eigenvalue weighted by molar-refractivity contribution is 8.07. The molecule has 0 saturated carbocycles. The van der Waals surface area contributed by atoms with Crippen molar-refractivity contribution in [3.8, 4) is 5.75 Å². The lowest BCUT2D eigenvalue weighted by Gasteiger charge is -2.36. The van der Waals surface area contributed by atoms with Crippen LogP contribution in [0.1, 0.15) is 31.9 Å². The second-order valence-corrected chi connectivity index (χ2v) is 8.44. The van der Waals surface area contributed by atoms with Crippen molar-refractivity contribution < 1.29 is 4.74 Å². The van der Waals surface area contributed by atoms with Crippen molar-refractivity contribution in [3.05, 3.63) is 28.8 Å². The first kappa shape index (κ1) is 17.3. The van der Waals surface area contributed by atoms with Crippen molar-refractivity contribution in [2.45, 2.75) is 36.8 Å². The van der Waals surface area contributed by atoms with Gasteiger partial charge in [0.2, 0.25) is 0 Å². The number of hydrogen-bond acceptors (Lipinski definition) is 4. The highest BCUT2D eigenvalue weighted by Gasteiger charge is 2.32. The minimum Gasteiger partial charge on any atom is -0.496 e. The van der Waals surface area contributed by atoms with Crippen LogP contribution in [0.5, 0.6) is 5.75 Å². The van der Waals surface area contributed by atoms with Gasteiger partial charge in [0.05, 0.1) is 7.11 Å². The molecule has 0 aromatic heterocycles. The van der Waals surface area contributed by atoms with Gasteiger partial charge in [0.25, 0.3) is 0 Å². The summed E-state index contributed by atoms with van der Waals surface area (Å²) < 4.78 is 5.57. The summed E-state index contributed by atoms with van der Waals surface area (Å²) in [7, 11) is 1.73. The zero-order chi connectivity index (χ0) is 15.2. The van der Waals surface area contributed by atoms with E-state index in [1.54, 1.807) is 7.11 Å². The summed E-state index contributed by atoms with van der Waals surface area (Å²) in [4.78, 5) is 0. The van der Waals surface area contributed by atoms with Gasteiger partial charge in [-0.2, -0.15) is 23.5 Å². The molecule has 1 aromatic rings. The first-order chi connectivity index (χ1) is 10.2. The number of halogens is 1. The Morgan fingerprint density at radius 2 is 2.14 bits per heavy atom. The third-order valence-corrected chi connectivity index (χ3v) is 7.14. The Morgan fingerprint density at radius 1 is 1.38 bits per heavy atom. The van der Waals surface area contributed by atoms with Crippen LogP contribution in [0.15, 0.2) is 18.2 Å². The molecule has 0 bridgehead atoms. The van der Waals surface area contributed by atoms with E-state index in [9.17, 15) is 0 Å². The van der Waals surface area contributed by atoms with E-state index in [0.29, 0.717) is 10.5 Å². The zero-order valence-electron chi connectivity index (χ0n) is 12.9. The smallest absolute Gasteiger partial charge is 0.123 e. The fourth-order valence-electron chi connectivity index (χ4n) is 2.67. The van der Waals surface area contributed by atoms with Crippen LogP contribution in [-0.4, -0.2) is 35.7 Å². The van der Waals surface area contributed by atoms with E-state index in [2.05, 4.69) is 48.8 Å². The third kappa shape index (κ3) is 4.47. The molecule has 1 fully saturated rings. The molecular formula is C16H24ClNOS2. The van der Waals surface area contributed by atoms with Crippen molar-refractivity contribution in [2.24, 2.45) is 0 Å². The van der Waals surface area contributed by atoms with E-state index < -0.39 is 0 Å². The van der Waals surface area contributed by atoms with Crippen molar-refractivity contribution >= 4 is 35.1 Å². The quantitative estimate of drug-likeness (QED) is 0.811. The average Bonchev–Trinajstić information content (AvgIpc) is 2.49. The topological polar surface area (TPSA) is 21.3 Å². The summed E-state index contributed by atoms with van der Waals surface area (Å²) in [5.41, 5.74) is 1.19. The predicted molar refractivity (Wildman–Crippen MR) is 97.2 cm³/mol. The molecule has 0 amide bonds. The maximum atomic E-state index is 6.23. The molecule has 1 aliphatic rings. The number of methoxy groups -OCH3 is 1. The molecule has 5 heteroatoms. The molecule has 2 nitrogen and oxygen atoms in total. The Labute approximate surface area is 141 Å². The lowest BCUT2D eigenvalue weighted by Crippen LogP contribution is -2.38. The van der Waals surface area contributed by atoms with Crippen LogP contribution >= 0.6 is 35.1 Å². The van der Waals surface area contributed by atoms with Crippen molar-refractivity contribution in [2.75, 3.05) is 25.2 Å². The molecule has 1 heterocycles. The normalized spacial score (nSPS) is 23.8. The predicted octanol–water partition coefficient (Wildman–Crippen LogP) is 4.63. The van der Waals surface area contributed by atoms with Crippen LogP contribution in [0, 0.1) is 0 Å². The van der Waals surface area contributed by atoms with Crippen molar-refractivity contribution in [1.29, 1.82) is 0 Å². The largest absolute Gasteiger partial charge is 0.496 e. The van der Waals surface area contributed by atoms with Crippen LogP contribution < -0.4 is 10.1 Å². The first-order valence-corrected chi connectivity index (χ1v) is 9.95. The van der Waals surface area contributed by atoms with E-state index in [0.717, 1.165) is 23.7 Å². The van der Waals surface area contributed by atoms with Gasteiger partial charge in [-0.15, -0.1) is 0 Å². The SMILES string of the molecule is CCCNC(c1cc(Cl)ccc1OC)C1SCCSC1C. The Balaban J connectivity index is 2.32. The maximum absolute atomic E-state index is 6.23. The van der Waals surface area contributed by atoms with E-state index >= 15 is 0 Å². The van der Waals surface area contributed by atoms with Crippen molar-refractivity contribution in [1.82, 2.24) is 5.32 Å². The zero-order valence-corrected chi connectivity index (χ0v) is 15.3. The Kier molecular flexibility index (Phi) is 7.06. The summed E-state index contributed by atoms with van der Waals surface area (Å²) in [5, 5.41) is 5.66. The first-order valence-electron chi connectivity index (χ1n) is 7.47. The molecule has 1 saturated heterocycles. The standard InChI is InChI=1S/C16H24ClNOS2/c1-4-7-18-15(16-11(2)20-8-9-21-16)13-10-12(17)5-6-14(13)19-3/h5-6,10-11,15-16,18H,4,7-9H2,1-3H3.